The molecule has 0 saturated carbocycles. The third-order valence-corrected chi connectivity index (χ3v) is 5.43. The fourth-order valence-corrected chi connectivity index (χ4v) is 3.97. The van der Waals surface area contributed by atoms with Gasteiger partial charge in [-0.05, 0) is 37.5 Å². The van der Waals surface area contributed by atoms with Crippen molar-refractivity contribution in [2.45, 2.75) is 32.6 Å². The van der Waals surface area contributed by atoms with Crippen LogP contribution in [0.5, 0.6) is 5.75 Å². The van der Waals surface area contributed by atoms with Crippen LogP contribution in [0.3, 0.4) is 0 Å². The van der Waals surface area contributed by atoms with E-state index in [-0.39, 0.29) is 0 Å². The molecule has 136 valence electrons. The average Bonchev–Trinajstić information content (AvgIpc) is 3.03. The predicted molar refractivity (Wildman–Crippen MR) is 106 cm³/mol. The Balaban J connectivity index is 1.47. The van der Waals surface area contributed by atoms with E-state index in [0.29, 0.717) is 0 Å². The topological polar surface area (TPSA) is 52.8 Å². The molecule has 5 nitrogen and oxygen atoms in total. The van der Waals surface area contributed by atoms with Crippen molar-refractivity contribution in [3.63, 3.8) is 0 Å². The molecule has 2 aromatic heterocycles. The molecular formula is C22H22N4O. The van der Waals surface area contributed by atoms with Crippen molar-refractivity contribution in [2.24, 2.45) is 7.05 Å². The summed E-state index contributed by atoms with van der Waals surface area (Å²) in [6.45, 7) is 2.83. The number of rotatable bonds is 3. The van der Waals surface area contributed by atoms with Gasteiger partial charge in [-0.25, -0.2) is 15.0 Å². The lowest BCUT2D eigenvalue weighted by molar-refractivity contribution is 0.291. The summed E-state index contributed by atoms with van der Waals surface area (Å²) < 4.78 is 8.10. The van der Waals surface area contributed by atoms with Gasteiger partial charge in [-0.2, -0.15) is 0 Å². The minimum absolute atomic E-state index is 0.770. The first-order valence-electron chi connectivity index (χ1n) is 9.53. The fourth-order valence-electron chi connectivity index (χ4n) is 3.97. The maximum Gasteiger partial charge on any atom is 0.150 e. The number of hydrogen-bond donors (Lipinski definition) is 0. The van der Waals surface area contributed by atoms with E-state index in [4.69, 9.17) is 19.7 Å². The quantitative estimate of drug-likeness (QED) is 0.557. The van der Waals surface area contributed by atoms with Gasteiger partial charge < -0.3 is 9.30 Å². The molecule has 0 fully saturated rings. The Kier molecular flexibility index (Phi) is 3.81. The van der Waals surface area contributed by atoms with Crippen molar-refractivity contribution in [3.05, 3.63) is 59.3 Å². The van der Waals surface area contributed by atoms with Gasteiger partial charge in [0.2, 0.25) is 0 Å². The minimum Gasteiger partial charge on any atom is -0.491 e. The summed E-state index contributed by atoms with van der Waals surface area (Å²) in [5.41, 5.74) is 5.42. The van der Waals surface area contributed by atoms with Gasteiger partial charge >= 0.3 is 0 Å². The first-order chi connectivity index (χ1) is 13.2. The zero-order chi connectivity index (χ0) is 18.4. The summed E-state index contributed by atoms with van der Waals surface area (Å²) >= 11 is 0. The van der Waals surface area contributed by atoms with Crippen LogP contribution in [0.25, 0.3) is 21.9 Å². The number of benzene rings is 2. The van der Waals surface area contributed by atoms with Crippen LogP contribution in [0.4, 0.5) is 0 Å². The van der Waals surface area contributed by atoms with Crippen molar-refractivity contribution in [1.29, 1.82) is 0 Å². The highest BCUT2D eigenvalue weighted by atomic mass is 16.5. The summed E-state index contributed by atoms with van der Waals surface area (Å²) in [7, 11) is 2.08. The van der Waals surface area contributed by atoms with Gasteiger partial charge in [0.25, 0.3) is 0 Å². The van der Waals surface area contributed by atoms with Crippen LogP contribution in [0.1, 0.15) is 29.3 Å². The molecule has 3 heterocycles. The number of imidazole rings is 1. The summed E-state index contributed by atoms with van der Waals surface area (Å²) in [6.07, 6.45) is 3.72. The van der Waals surface area contributed by atoms with Crippen LogP contribution in [0.2, 0.25) is 0 Å². The number of aryl methyl sites for hydroxylation is 5. The molecule has 1 aliphatic heterocycles. The van der Waals surface area contributed by atoms with Crippen LogP contribution in [0, 0.1) is 6.92 Å². The molecule has 27 heavy (non-hydrogen) atoms. The molecule has 2 aromatic carbocycles. The summed E-state index contributed by atoms with van der Waals surface area (Å²) in [4.78, 5) is 14.3. The van der Waals surface area contributed by atoms with E-state index in [9.17, 15) is 0 Å². The molecular weight excluding hydrogens is 336 g/mol. The molecule has 0 saturated heterocycles. The van der Waals surface area contributed by atoms with E-state index in [0.717, 1.165) is 77.3 Å². The van der Waals surface area contributed by atoms with Gasteiger partial charge in [-0.15, -0.1) is 0 Å². The average molecular weight is 358 g/mol. The minimum atomic E-state index is 0.770. The molecule has 0 radical (unpaired) electrons. The summed E-state index contributed by atoms with van der Waals surface area (Å²) in [5.74, 6) is 2.89. The Labute approximate surface area is 158 Å². The number of hydrogen-bond acceptors (Lipinski definition) is 4. The van der Waals surface area contributed by atoms with Crippen LogP contribution >= 0.6 is 0 Å². The van der Waals surface area contributed by atoms with E-state index in [1.807, 2.05) is 25.1 Å². The first-order valence-corrected chi connectivity index (χ1v) is 9.53. The Bertz CT molecular complexity index is 1160. The van der Waals surface area contributed by atoms with Crippen molar-refractivity contribution < 1.29 is 4.74 Å². The molecule has 0 aliphatic carbocycles. The van der Waals surface area contributed by atoms with Crippen LogP contribution in [0.15, 0.2) is 36.4 Å². The molecule has 1 aliphatic rings. The first kappa shape index (κ1) is 16.2. The standard InChI is InChI=1S/C22H22N4O/c1-14-16-7-3-4-8-17(16)24-19(23-14)11-12-20-25-21-18(26(20)2)10-9-15-6-5-13-27-22(15)21/h3-4,7-10H,5-6,11-13H2,1-2H3. The van der Waals surface area contributed by atoms with Crippen LogP contribution < -0.4 is 4.74 Å². The summed E-state index contributed by atoms with van der Waals surface area (Å²) in [5, 5.41) is 1.12. The smallest absolute Gasteiger partial charge is 0.150 e. The molecule has 0 atom stereocenters. The predicted octanol–water partition coefficient (Wildman–Crippen LogP) is 3.94. The molecule has 0 bridgehead atoms. The number of para-hydroxylation sites is 1. The Morgan fingerprint density at radius 3 is 2.85 bits per heavy atom. The van der Waals surface area contributed by atoms with E-state index >= 15 is 0 Å². The zero-order valence-electron chi connectivity index (χ0n) is 15.7. The number of ether oxygens (including phenoxy) is 1. The highest BCUT2D eigenvalue weighted by molar-refractivity contribution is 5.84. The van der Waals surface area contributed by atoms with E-state index in [1.165, 1.54) is 5.56 Å². The molecule has 4 aromatic rings. The Morgan fingerprint density at radius 2 is 1.93 bits per heavy atom. The second kappa shape index (κ2) is 6.34. The highest BCUT2D eigenvalue weighted by Gasteiger charge is 2.18. The molecule has 0 spiro atoms. The Morgan fingerprint density at radius 1 is 1.04 bits per heavy atom. The van der Waals surface area contributed by atoms with Crippen LogP contribution in [-0.4, -0.2) is 26.1 Å². The maximum absolute atomic E-state index is 5.93. The van der Waals surface area contributed by atoms with Gasteiger partial charge in [0, 0.05) is 31.0 Å². The van der Waals surface area contributed by atoms with Crippen molar-refractivity contribution in [3.8, 4) is 5.75 Å². The van der Waals surface area contributed by atoms with Gasteiger partial charge in [0.15, 0.2) is 0 Å². The SMILES string of the molecule is Cc1nc(CCc2nc3c4c(ccc3n2C)CCCO4)nc2ccccc12. The lowest BCUT2D eigenvalue weighted by Crippen LogP contribution is -2.08. The van der Waals surface area contributed by atoms with Crippen LogP contribution in [-0.2, 0) is 26.3 Å². The summed E-state index contributed by atoms with van der Waals surface area (Å²) in [6, 6.07) is 12.5. The molecule has 5 heteroatoms. The van der Waals surface area contributed by atoms with Crippen molar-refractivity contribution >= 4 is 21.9 Å². The third-order valence-electron chi connectivity index (χ3n) is 5.43. The molecule has 5 rings (SSSR count). The third kappa shape index (κ3) is 2.74. The number of nitrogens with zero attached hydrogens (tertiary/aromatic N) is 4. The zero-order valence-corrected chi connectivity index (χ0v) is 15.7. The number of aromatic nitrogens is 4. The monoisotopic (exact) mass is 358 g/mol. The normalized spacial score (nSPS) is 13.7. The van der Waals surface area contributed by atoms with E-state index < -0.39 is 0 Å². The second-order valence-corrected chi connectivity index (χ2v) is 7.20. The van der Waals surface area contributed by atoms with E-state index in [2.05, 4.69) is 29.8 Å². The fraction of sp³-hybridized carbons (Fsp3) is 0.318. The number of fused-ring (bicyclic) bond motifs is 4. The van der Waals surface area contributed by atoms with Gasteiger partial charge in [0.1, 0.15) is 22.9 Å². The van der Waals surface area contributed by atoms with Gasteiger partial charge in [-0.1, -0.05) is 24.3 Å². The highest BCUT2D eigenvalue weighted by Crippen LogP contribution is 2.33. The van der Waals surface area contributed by atoms with Gasteiger partial charge in [0.05, 0.1) is 17.6 Å². The van der Waals surface area contributed by atoms with Gasteiger partial charge in [-0.3, -0.25) is 0 Å². The molecule has 0 amide bonds. The van der Waals surface area contributed by atoms with Crippen molar-refractivity contribution in [2.75, 3.05) is 6.61 Å². The lowest BCUT2D eigenvalue weighted by atomic mass is 10.1. The second-order valence-electron chi connectivity index (χ2n) is 7.20. The van der Waals surface area contributed by atoms with Crippen molar-refractivity contribution in [1.82, 2.24) is 19.5 Å². The maximum atomic E-state index is 5.93. The van der Waals surface area contributed by atoms with E-state index in [1.54, 1.807) is 0 Å². The lowest BCUT2D eigenvalue weighted by Gasteiger charge is -2.17. The molecule has 0 N–H and O–H groups in total. The largest absolute Gasteiger partial charge is 0.491 e. The Hall–Kier alpha value is -2.95. The molecule has 0 unspecified atom stereocenters.